The second-order valence-corrected chi connectivity index (χ2v) is 31.9. The first-order valence-electron chi connectivity index (χ1n) is 38.7. The smallest absolute Gasteiger partial charge is 0.462 e. The SMILES string of the molecule is CC(C)CCCCCCCCCCCCCCCCCC(=O)O[C@H](COC(=O)CCCCCCCCC(C)C)COP(=O)(O)OCC(O)COP(=O)(O)OC[C@@H](COC(=O)CCCCCCCCCCC(C)C)OC(=O)CCCCCCCCCCCCCCCC(C)C. The van der Waals surface area contributed by atoms with Crippen LogP contribution in [-0.4, -0.2) is 96.7 Å². The molecule has 0 rings (SSSR count). The van der Waals surface area contributed by atoms with Crippen LogP contribution in [0.5, 0.6) is 0 Å². The minimum Gasteiger partial charge on any atom is -0.462 e. The molecule has 0 fully saturated rings. The van der Waals surface area contributed by atoms with E-state index in [0.717, 1.165) is 114 Å². The van der Waals surface area contributed by atoms with Crippen LogP contribution in [0, 0.1) is 23.7 Å². The summed E-state index contributed by atoms with van der Waals surface area (Å²) >= 11 is 0. The van der Waals surface area contributed by atoms with Crippen LogP contribution in [0.4, 0.5) is 0 Å². The third-order valence-corrected chi connectivity index (χ3v) is 19.2. The average molecular weight is 1380 g/mol. The van der Waals surface area contributed by atoms with Gasteiger partial charge in [-0.2, -0.15) is 0 Å². The Morgan fingerprint density at radius 1 is 0.266 bits per heavy atom. The first kappa shape index (κ1) is 92.1. The van der Waals surface area contributed by atoms with E-state index < -0.39 is 97.5 Å². The summed E-state index contributed by atoms with van der Waals surface area (Å²) in [6.45, 7) is 14.1. The van der Waals surface area contributed by atoms with Gasteiger partial charge in [0.25, 0.3) is 0 Å². The van der Waals surface area contributed by atoms with E-state index in [2.05, 4.69) is 55.4 Å². The van der Waals surface area contributed by atoms with E-state index in [9.17, 15) is 43.2 Å². The second kappa shape index (κ2) is 64.4. The third-order valence-electron chi connectivity index (χ3n) is 17.3. The number of aliphatic hydroxyl groups excluding tert-OH is 1. The predicted octanol–water partition coefficient (Wildman–Crippen LogP) is 21.7. The number of hydrogen-bond donors (Lipinski definition) is 3. The van der Waals surface area contributed by atoms with Gasteiger partial charge >= 0.3 is 39.5 Å². The molecule has 5 atom stereocenters. The fraction of sp³-hybridized carbons (Fsp3) is 0.947. The molecule has 0 aromatic rings. The Bertz CT molecular complexity index is 1850. The van der Waals surface area contributed by atoms with Crippen LogP contribution in [0.3, 0.4) is 0 Å². The number of carbonyl (C=O) groups excluding carboxylic acids is 4. The van der Waals surface area contributed by atoms with E-state index in [1.807, 2.05) is 0 Å². The molecule has 558 valence electrons. The lowest BCUT2D eigenvalue weighted by Gasteiger charge is -2.21. The summed E-state index contributed by atoms with van der Waals surface area (Å²) in [5.74, 6) is 0.870. The summed E-state index contributed by atoms with van der Waals surface area (Å²) < 4.78 is 68.4. The molecule has 0 heterocycles. The number of phosphoric acid groups is 2. The molecule has 17 nitrogen and oxygen atoms in total. The number of phosphoric ester groups is 2. The molecular weight excluding hydrogens is 1230 g/mol. The normalized spacial score (nSPS) is 14.2. The number of esters is 4. The van der Waals surface area contributed by atoms with E-state index in [1.54, 1.807) is 0 Å². The Balaban J connectivity index is 5.21. The number of hydrogen-bond acceptors (Lipinski definition) is 15. The molecule has 0 aromatic heterocycles. The summed E-state index contributed by atoms with van der Waals surface area (Å²) in [5, 5.41) is 10.6. The van der Waals surface area contributed by atoms with Crippen LogP contribution in [0.1, 0.15) is 376 Å². The molecule has 0 aliphatic rings. The molecule has 3 N–H and O–H groups in total. The van der Waals surface area contributed by atoms with Crippen LogP contribution in [0.25, 0.3) is 0 Å². The highest BCUT2D eigenvalue weighted by molar-refractivity contribution is 7.47. The van der Waals surface area contributed by atoms with Crippen molar-refractivity contribution in [2.24, 2.45) is 23.7 Å². The van der Waals surface area contributed by atoms with Crippen LogP contribution < -0.4 is 0 Å². The minimum atomic E-state index is -4.96. The van der Waals surface area contributed by atoms with E-state index in [1.165, 1.54) is 173 Å². The van der Waals surface area contributed by atoms with Crippen LogP contribution in [0.2, 0.25) is 0 Å². The number of rotatable bonds is 72. The molecule has 0 aliphatic heterocycles. The fourth-order valence-corrected chi connectivity index (χ4v) is 13.0. The van der Waals surface area contributed by atoms with Gasteiger partial charge in [-0.25, -0.2) is 9.13 Å². The van der Waals surface area contributed by atoms with Crippen molar-refractivity contribution < 1.29 is 80.2 Å². The lowest BCUT2D eigenvalue weighted by Crippen LogP contribution is -2.30. The zero-order valence-electron chi connectivity index (χ0n) is 61.6. The molecule has 0 radical (unpaired) electrons. The number of aliphatic hydroxyl groups is 1. The molecular formula is C75H146O17P2. The van der Waals surface area contributed by atoms with Crippen molar-refractivity contribution in [3.63, 3.8) is 0 Å². The number of carbonyl (C=O) groups is 4. The Labute approximate surface area is 575 Å². The fourth-order valence-electron chi connectivity index (χ4n) is 11.4. The standard InChI is InChI=1S/C75H146O17P2/c1-65(2)51-43-35-27-21-17-13-10-9-11-15-19-23-31-41-49-57-75(80)92-71(62-86-73(78)56-48-40-34-33-38-46-54-68(7)8)64-90-94(83,84)88-60-69(76)59-87-93(81,82)89-63-70(61-85-72(77)55-47-39-30-26-25-29-37-45-53-67(5)6)91-74(79)58-50-42-32-24-20-16-12-14-18-22-28-36-44-52-66(3)4/h65-71,76H,9-64H2,1-8H3,(H,81,82)(H,83,84)/t69?,70-,71-/m1/s1. The van der Waals surface area contributed by atoms with Crippen LogP contribution in [-0.2, 0) is 65.4 Å². The van der Waals surface area contributed by atoms with Gasteiger partial charge in [-0.05, 0) is 49.4 Å². The maximum absolute atomic E-state index is 13.1. The van der Waals surface area contributed by atoms with Crippen molar-refractivity contribution in [3.8, 4) is 0 Å². The molecule has 0 amide bonds. The highest BCUT2D eigenvalue weighted by atomic mass is 31.2. The van der Waals surface area contributed by atoms with Crippen molar-refractivity contribution in [2.75, 3.05) is 39.6 Å². The largest absolute Gasteiger partial charge is 0.472 e. The van der Waals surface area contributed by atoms with E-state index in [0.29, 0.717) is 31.6 Å². The molecule has 94 heavy (non-hydrogen) atoms. The summed E-state index contributed by atoms with van der Waals surface area (Å²) in [6.07, 6.45) is 48.8. The molecule has 0 saturated carbocycles. The van der Waals surface area contributed by atoms with Crippen molar-refractivity contribution in [2.45, 2.75) is 395 Å². The predicted molar refractivity (Wildman–Crippen MR) is 381 cm³/mol. The molecule has 3 unspecified atom stereocenters. The second-order valence-electron chi connectivity index (χ2n) is 28.9. The molecule has 0 aromatic carbocycles. The number of unbranched alkanes of at least 4 members (excludes halogenated alkanes) is 38. The molecule has 0 aliphatic carbocycles. The minimum absolute atomic E-state index is 0.106. The first-order valence-corrected chi connectivity index (χ1v) is 41.7. The van der Waals surface area contributed by atoms with Gasteiger partial charge in [0.2, 0.25) is 0 Å². The third kappa shape index (κ3) is 68.6. The van der Waals surface area contributed by atoms with Crippen molar-refractivity contribution >= 4 is 39.5 Å². The Kier molecular flexibility index (Phi) is 63.1. The number of ether oxygens (including phenoxy) is 4. The molecule has 0 saturated heterocycles. The van der Waals surface area contributed by atoms with Crippen LogP contribution >= 0.6 is 15.6 Å². The molecule has 0 spiro atoms. The van der Waals surface area contributed by atoms with Gasteiger partial charge in [-0.1, -0.05) is 325 Å². The Morgan fingerprint density at radius 3 is 0.660 bits per heavy atom. The van der Waals surface area contributed by atoms with E-state index in [-0.39, 0.29) is 25.7 Å². The monoisotopic (exact) mass is 1380 g/mol. The Morgan fingerprint density at radius 2 is 0.447 bits per heavy atom. The maximum Gasteiger partial charge on any atom is 0.472 e. The van der Waals surface area contributed by atoms with E-state index >= 15 is 0 Å². The van der Waals surface area contributed by atoms with Crippen molar-refractivity contribution in [1.29, 1.82) is 0 Å². The summed E-state index contributed by atoms with van der Waals surface area (Å²) in [7, 11) is -9.91. The lowest BCUT2D eigenvalue weighted by atomic mass is 10.0. The van der Waals surface area contributed by atoms with Gasteiger partial charge in [0.1, 0.15) is 19.3 Å². The molecule has 19 heteroatoms. The van der Waals surface area contributed by atoms with Crippen molar-refractivity contribution in [3.05, 3.63) is 0 Å². The highest BCUT2D eigenvalue weighted by Gasteiger charge is 2.30. The maximum atomic E-state index is 13.1. The zero-order valence-corrected chi connectivity index (χ0v) is 63.4. The highest BCUT2D eigenvalue weighted by Crippen LogP contribution is 2.45. The summed E-state index contributed by atoms with van der Waals surface area (Å²) in [4.78, 5) is 72.7. The van der Waals surface area contributed by atoms with Gasteiger partial charge in [0.05, 0.1) is 26.4 Å². The van der Waals surface area contributed by atoms with Gasteiger partial charge in [-0.3, -0.25) is 37.3 Å². The van der Waals surface area contributed by atoms with E-state index in [4.69, 9.17) is 37.0 Å². The van der Waals surface area contributed by atoms with Gasteiger partial charge in [0.15, 0.2) is 12.2 Å². The average Bonchev–Trinajstić information content (AvgIpc) is 3.73. The first-order chi connectivity index (χ1) is 45.1. The van der Waals surface area contributed by atoms with Gasteiger partial charge in [0, 0.05) is 25.7 Å². The lowest BCUT2D eigenvalue weighted by molar-refractivity contribution is -0.161. The Hall–Kier alpha value is -1.94. The van der Waals surface area contributed by atoms with Gasteiger partial charge in [-0.15, -0.1) is 0 Å². The van der Waals surface area contributed by atoms with Gasteiger partial charge < -0.3 is 33.8 Å². The quantitative estimate of drug-likeness (QED) is 0.0222. The van der Waals surface area contributed by atoms with Crippen molar-refractivity contribution in [1.82, 2.24) is 0 Å². The van der Waals surface area contributed by atoms with Crippen LogP contribution in [0.15, 0.2) is 0 Å². The zero-order chi connectivity index (χ0) is 69.6. The molecule has 0 bridgehead atoms. The summed E-state index contributed by atoms with van der Waals surface area (Å²) in [5.41, 5.74) is 0. The topological polar surface area (TPSA) is 237 Å². The summed E-state index contributed by atoms with van der Waals surface area (Å²) in [6, 6.07) is 0.